The number of halogens is 6. The maximum Gasteiger partial charge on any atom is 0.494 e. The Morgan fingerprint density at radius 1 is 0.895 bits per heavy atom. The highest BCUT2D eigenvalue weighted by atomic mass is 19.3. The Labute approximate surface area is 214 Å². The van der Waals surface area contributed by atoms with Gasteiger partial charge in [0.1, 0.15) is 5.75 Å². The molecule has 3 aromatic rings. The molecule has 3 rings (SSSR count). The highest BCUT2D eigenvalue weighted by Crippen LogP contribution is 2.36. The summed E-state index contributed by atoms with van der Waals surface area (Å²) < 4.78 is 100. The minimum Gasteiger partial charge on any atom is -0.493 e. The van der Waals surface area contributed by atoms with Crippen molar-refractivity contribution in [3.05, 3.63) is 66.7 Å². The van der Waals surface area contributed by atoms with E-state index >= 15 is 0 Å². The van der Waals surface area contributed by atoms with Gasteiger partial charge in [-0.2, -0.15) is 17.6 Å². The molecular weight excluding hydrogens is 520 g/mol. The number of hydrogen-bond acceptors (Lipinski definition) is 5. The lowest BCUT2D eigenvalue weighted by Crippen LogP contribution is -2.41. The van der Waals surface area contributed by atoms with E-state index in [2.05, 4.69) is 20.8 Å². The molecule has 0 aliphatic rings. The van der Waals surface area contributed by atoms with Gasteiger partial charge >= 0.3 is 24.5 Å². The summed E-state index contributed by atoms with van der Waals surface area (Å²) in [5.41, 5.74) is 2.50. The van der Waals surface area contributed by atoms with Crippen LogP contribution < -0.4 is 4.74 Å². The summed E-state index contributed by atoms with van der Waals surface area (Å²) in [6.07, 6.45) is -17.4. The van der Waals surface area contributed by atoms with Gasteiger partial charge in [-0.05, 0) is 30.7 Å². The highest BCUT2D eigenvalue weighted by molar-refractivity contribution is 5.88. The fourth-order valence-corrected chi connectivity index (χ4v) is 3.43. The van der Waals surface area contributed by atoms with Crippen LogP contribution in [0.1, 0.15) is 19.8 Å². The smallest absolute Gasteiger partial charge is 0.493 e. The Bertz CT molecular complexity index is 1280. The summed E-state index contributed by atoms with van der Waals surface area (Å²) >= 11 is 0. The zero-order valence-electron chi connectivity index (χ0n) is 20.5. The van der Waals surface area contributed by atoms with Crippen LogP contribution in [0, 0.1) is 0 Å². The number of aryl methyl sites for hydroxylation is 1. The molecule has 0 radical (unpaired) electrons. The Hall–Kier alpha value is -3.51. The molecule has 2 aromatic carbocycles. The highest BCUT2D eigenvalue weighted by Gasteiger charge is 2.52. The quantitative estimate of drug-likeness (QED) is 0.101. The third-order valence-corrected chi connectivity index (χ3v) is 5.26. The molecule has 0 unspecified atom stereocenters. The van der Waals surface area contributed by atoms with Crippen molar-refractivity contribution in [1.29, 1.82) is 0 Å². The second kappa shape index (κ2) is 11.5. The maximum atomic E-state index is 14.0. The molecule has 206 valence electrons. The van der Waals surface area contributed by atoms with Crippen molar-refractivity contribution in [1.82, 2.24) is 4.57 Å². The van der Waals surface area contributed by atoms with Crippen LogP contribution in [0.4, 0.5) is 26.3 Å². The first-order valence-electron chi connectivity index (χ1n) is 11.3. The molecular formula is C26H25F6NO5. The molecule has 0 aliphatic heterocycles. The van der Waals surface area contributed by atoms with Crippen molar-refractivity contribution in [2.24, 2.45) is 7.05 Å². The number of ether oxygens (including phenoxy) is 4. The lowest BCUT2D eigenvalue weighted by atomic mass is 10.1. The van der Waals surface area contributed by atoms with Gasteiger partial charge in [0.2, 0.25) is 0 Å². The maximum absolute atomic E-state index is 14.0. The average Bonchev–Trinajstić information content (AvgIpc) is 3.13. The topological polar surface area (TPSA) is 58.9 Å². The van der Waals surface area contributed by atoms with E-state index in [-0.39, 0.29) is 11.3 Å². The molecule has 0 bridgehead atoms. The minimum absolute atomic E-state index is 0.106. The van der Waals surface area contributed by atoms with Crippen LogP contribution >= 0.6 is 0 Å². The van der Waals surface area contributed by atoms with E-state index in [0.717, 1.165) is 22.2 Å². The number of fused-ring (bicyclic) bond motifs is 1. The van der Waals surface area contributed by atoms with E-state index in [0.29, 0.717) is 0 Å². The number of benzene rings is 2. The average molecular weight is 545 g/mol. The Balaban J connectivity index is 1.55. The second-order valence-electron chi connectivity index (χ2n) is 8.38. The van der Waals surface area contributed by atoms with Crippen molar-refractivity contribution in [3.63, 3.8) is 0 Å². The number of alkyl halides is 6. The number of rotatable bonds is 13. The molecule has 12 heteroatoms. The van der Waals surface area contributed by atoms with E-state index < -0.39 is 50.5 Å². The number of hydrogen-bond donors (Lipinski definition) is 0. The van der Waals surface area contributed by atoms with Gasteiger partial charge in [0.05, 0.1) is 31.6 Å². The standard InChI is InChI=1S/C26H25F6NO5/c1-17(2)23(34)36-14-12-25(29,30)38-26(31,32)37-24(27,28)11-13-35-20-10-9-19-15-21(33(3)22(19)16-20)18-7-5-4-6-8-18/h4-10,15-16H,1,11-14H2,2-3H3. The second-order valence-corrected chi connectivity index (χ2v) is 8.38. The Morgan fingerprint density at radius 3 is 2.11 bits per heavy atom. The largest absolute Gasteiger partial charge is 0.494 e. The predicted octanol–water partition coefficient (Wildman–Crippen LogP) is 6.89. The monoisotopic (exact) mass is 545 g/mol. The van der Waals surface area contributed by atoms with Gasteiger partial charge in [0, 0.05) is 29.8 Å². The van der Waals surface area contributed by atoms with Crippen LogP contribution in [0.2, 0.25) is 0 Å². The number of carbonyl (C=O) groups excluding carboxylic acids is 1. The summed E-state index contributed by atoms with van der Waals surface area (Å²) in [5, 5.41) is 0.861. The van der Waals surface area contributed by atoms with E-state index in [4.69, 9.17) is 4.74 Å². The van der Waals surface area contributed by atoms with E-state index in [1.165, 1.54) is 13.0 Å². The molecule has 0 saturated carbocycles. The number of nitrogens with zero attached hydrogens (tertiary/aromatic N) is 1. The molecule has 1 aromatic heterocycles. The van der Waals surface area contributed by atoms with Gasteiger partial charge < -0.3 is 14.0 Å². The van der Waals surface area contributed by atoms with Crippen LogP contribution in [0.15, 0.2) is 66.7 Å². The summed E-state index contributed by atoms with van der Waals surface area (Å²) in [7, 11) is 1.82. The lowest BCUT2D eigenvalue weighted by Gasteiger charge is -2.26. The van der Waals surface area contributed by atoms with Gasteiger partial charge in [-0.3, -0.25) is 0 Å². The predicted molar refractivity (Wildman–Crippen MR) is 126 cm³/mol. The first-order valence-corrected chi connectivity index (χ1v) is 11.3. The first-order chi connectivity index (χ1) is 17.7. The SMILES string of the molecule is C=C(C)C(=O)OCCC(F)(F)OC(F)(F)OC(F)(F)CCOc1ccc2cc(-c3ccccc3)n(C)c2c1. The van der Waals surface area contributed by atoms with Crippen molar-refractivity contribution in [2.75, 3.05) is 13.2 Å². The van der Waals surface area contributed by atoms with Gasteiger partial charge in [-0.25, -0.2) is 14.3 Å². The summed E-state index contributed by atoms with van der Waals surface area (Å²) in [4.78, 5) is 11.2. The van der Waals surface area contributed by atoms with Crippen molar-refractivity contribution in [3.8, 4) is 17.0 Å². The molecule has 0 saturated heterocycles. The summed E-state index contributed by atoms with van der Waals surface area (Å²) in [6, 6.07) is 16.3. The fourth-order valence-electron chi connectivity index (χ4n) is 3.43. The zero-order chi connectivity index (χ0) is 28.1. The Morgan fingerprint density at radius 2 is 1.50 bits per heavy atom. The van der Waals surface area contributed by atoms with Gasteiger partial charge in [0.15, 0.2) is 0 Å². The van der Waals surface area contributed by atoms with Crippen LogP contribution in [0.5, 0.6) is 5.75 Å². The van der Waals surface area contributed by atoms with Crippen molar-refractivity contribution in [2.45, 2.75) is 38.3 Å². The zero-order valence-corrected chi connectivity index (χ0v) is 20.5. The number of aromatic nitrogens is 1. The molecule has 6 nitrogen and oxygen atoms in total. The summed E-state index contributed by atoms with van der Waals surface area (Å²) in [5.74, 6) is -0.841. The molecule has 0 spiro atoms. The van der Waals surface area contributed by atoms with E-state index in [1.54, 1.807) is 12.1 Å². The third-order valence-electron chi connectivity index (χ3n) is 5.26. The molecule has 0 amide bonds. The number of carbonyl (C=O) groups is 1. The molecule has 1 heterocycles. The van der Waals surface area contributed by atoms with Gasteiger partial charge in [0.25, 0.3) is 0 Å². The van der Waals surface area contributed by atoms with Crippen molar-refractivity contribution >= 4 is 16.9 Å². The molecule has 0 atom stereocenters. The van der Waals surface area contributed by atoms with Crippen LogP contribution in [0.25, 0.3) is 22.2 Å². The Kier molecular flexibility index (Phi) is 8.78. The summed E-state index contributed by atoms with van der Waals surface area (Å²) in [6.45, 7) is 2.68. The molecule has 0 fully saturated rings. The minimum atomic E-state index is -5.35. The van der Waals surface area contributed by atoms with E-state index in [1.807, 2.05) is 48.0 Å². The van der Waals surface area contributed by atoms with E-state index in [9.17, 15) is 31.1 Å². The fraction of sp³-hybridized carbons (Fsp3) is 0.346. The third kappa shape index (κ3) is 7.99. The van der Waals surface area contributed by atoms with Gasteiger partial charge in [-0.1, -0.05) is 36.9 Å². The van der Waals surface area contributed by atoms with Crippen molar-refractivity contribution < 1.29 is 50.1 Å². The molecule has 0 N–H and O–H groups in total. The first kappa shape index (κ1) is 29.1. The lowest BCUT2D eigenvalue weighted by molar-refractivity contribution is -0.514. The molecule has 0 aliphatic carbocycles. The number of esters is 1. The molecule has 38 heavy (non-hydrogen) atoms. The van der Waals surface area contributed by atoms with Crippen LogP contribution in [-0.2, 0) is 26.1 Å². The van der Waals surface area contributed by atoms with Crippen LogP contribution in [0.3, 0.4) is 0 Å². The van der Waals surface area contributed by atoms with Crippen LogP contribution in [-0.4, -0.2) is 42.3 Å². The normalized spacial score (nSPS) is 12.5. The van der Waals surface area contributed by atoms with Gasteiger partial charge in [-0.15, -0.1) is 8.78 Å².